The number of benzene rings is 3. The highest BCUT2D eigenvalue weighted by molar-refractivity contribution is 7.93. The summed E-state index contributed by atoms with van der Waals surface area (Å²) in [5.74, 6) is 0.558. The van der Waals surface area contributed by atoms with Crippen LogP contribution >= 0.6 is 11.5 Å². The highest BCUT2D eigenvalue weighted by Crippen LogP contribution is 2.36. The third-order valence-corrected chi connectivity index (χ3v) is 6.50. The van der Waals surface area contributed by atoms with Crippen LogP contribution in [0.2, 0.25) is 0 Å². The Morgan fingerprint density at radius 3 is 2.69 bits per heavy atom. The molecular formula is C20H16FN3O3S2. The van der Waals surface area contributed by atoms with E-state index in [0.29, 0.717) is 11.3 Å². The number of hydrogen-bond acceptors (Lipinski definition) is 6. The van der Waals surface area contributed by atoms with Crippen molar-refractivity contribution in [3.8, 4) is 16.9 Å². The van der Waals surface area contributed by atoms with Crippen molar-refractivity contribution in [1.82, 2.24) is 9.36 Å². The molecule has 1 aromatic heterocycles. The fourth-order valence-corrected chi connectivity index (χ4v) is 4.79. The lowest BCUT2D eigenvalue weighted by Crippen LogP contribution is -2.12. The second-order valence-electron chi connectivity index (χ2n) is 6.21. The van der Waals surface area contributed by atoms with Crippen LogP contribution in [0.4, 0.5) is 9.52 Å². The van der Waals surface area contributed by atoms with E-state index < -0.39 is 16.7 Å². The normalized spacial score (nSPS) is 11.5. The van der Waals surface area contributed by atoms with Crippen LogP contribution < -0.4 is 9.46 Å². The molecule has 0 aliphatic rings. The summed E-state index contributed by atoms with van der Waals surface area (Å²) in [7, 11) is -2.24. The predicted molar refractivity (Wildman–Crippen MR) is 111 cm³/mol. The number of ether oxygens (including phenoxy) is 1. The molecular weight excluding hydrogens is 413 g/mol. The first-order chi connectivity index (χ1) is 14.0. The predicted octanol–water partition coefficient (Wildman–Crippen LogP) is 4.64. The molecule has 1 N–H and O–H groups in total. The molecule has 4 rings (SSSR count). The van der Waals surface area contributed by atoms with E-state index in [1.165, 1.54) is 19.5 Å². The van der Waals surface area contributed by atoms with Gasteiger partial charge in [-0.05, 0) is 40.1 Å². The zero-order valence-electron chi connectivity index (χ0n) is 15.3. The minimum absolute atomic E-state index is 0.122. The fraction of sp³-hybridized carbons (Fsp3) is 0.100. The number of alkyl halides is 1. The third-order valence-electron chi connectivity index (χ3n) is 4.46. The summed E-state index contributed by atoms with van der Waals surface area (Å²) in [5, 5.41) is 1.81. The van der Waals surface area contributed by atoms with Gasteiger partial charge in [-0.2, -0.15) is 4.37 Å². The number of nitrogens with one attached hydrogen (secondary N) is 1. The molecule has 0 spiro atoms. The maximum absolute atomic E-state index is 13.0. The molecule has 0 atom stereocenters. The van der Waals surface area contributed by atoms with Crippen molar-refractivity contribution in [2.24, 2.45) is 0 Å². The molecule has 1 heterocycles. The van der Waals surface area contributed by atoms with E-state index in [4.69, 9.17) is 4.74 Å². The zero-order chi connectivity index (χ0) is 20.4. The smallest absolute Gasteiger partial charge is 0.263 e. The Kier molecular flexibility index (Phi) is 5.16. The lowest BCUT2D eigenvalue weighted by molar-refractivity contribution is 0.413. The van der Waals surface area contributed by atoms with Crippen molar-refractivity contribution in [1.29, 1.82) is 0 Å². The van der Waals surface area contributed by atoms with Crippen LogP contribution in [0.15, 0.2) is 65.8 Å². The summed E-state index contributed by atoms with van der Waals surface area (Å²) in [6, 6.07) is 15.7. The molecule has 148 valence electrons. The molecule has 4 aromatic rings. The molecule has 0 saturated carbocycles. The number of halogens is 1. The summed E-state index contributed by atoms with van der Waals surface area (Å²) >= 11 is 0.963. The van der Waals surface area contributed by atoms with Crippen molar-refractivity contribution in [3.63, 3.8) is 0 Å². The number of methoxy groups -OCH3 is 1. The standard InChI is InChI=1S/C20H16FN3O3S2/c1-27-19-9-13(11-21)5-7-18(19)17-4-2-3-14-10-15(6-8-16(14)17)29(25,26)24-20-22-12-23-28-20/h2-10,12H,11H2,1H3,(H,22,23,24). The van der Waals surface area contributed by atoms with Crippen molar-refractivity contribution in [3.05, 3.63) is 66.5 Å². The van der Waals surface area contributed by atoms with Gasteiger partial charge in [-0.25, -0.2) is 17.8 Å². The molecule has 0 amide bonds. The minimum Gasteiger partial charge on any atom is -0.496 e. The zero-order valence-corrected chi connectivity index (χ0v) is 16.9. The Balaban J connectivity index is 1.80. The van der Waals surface area contributed by atoms with Crippen molar-refractivity contribution < 1.29 is 17.5 Å². The average Bonchev–Trinajstić information content (AvgIpc) is 3.24. The highest BCUT2D eigenvalue weighted by Gasteiger charge is 2.17. The van der Waals surface area contributed by atoms with Gasteiger partial charge in [0.15, 0.2) is 0 Å². The van der Waals surface area contributed by atoms with E-state index >= 15 is 0 Å². The van der Waals surface area contributed by atoms with Gasteiger partial charge in [0.1, 0.15) is 18.8 Å². The quantitative estimate of drug-likeness (QED) is 0.483. The number of fused-ring (bicyclic) bond motifs is 1. The fourth-order valence-electron chi connectivity index (χ4n) is 3.10. The molecule has 6 nitrogen and oxygen atoms in total. The van der Waals surface area contributed by atoms with Crippen LogP contribution in [0.5, 0.6) is 5.75 Å². The molecule has 29 heavy (non-hydrogen) atoms. The molecule has 0 aliphatic heterocycles. The number of rotatable bonds is 6. The number of anilines is 1. The molecule has 0 saturated heterocycles. The first-order valence-electron chi connectivity index (χ1n) is 8.57. The van der Waals surface area contributed by atoms with Crippen molar-refractivity contribution in [2.45, 2.75) is 11.6 Å². The molecule has 0 fully saturated rings. The molecule has 3 aromatic carbocycles. The number of aromatic nitrogens is 2. The van der Waals surface area contributed by atoms with Gasteiger partial charge in [0.25, 0.3) is 10.0 Å². The topological polar surface area (TPSA) is 81.2 Å². The number of sulfonamides is 1. The van der Waals surface area contributed by atoms with Gasteiger partial charge in [-0.15, -0.1) is 0 Å². The van der Waals surface area contributed by atoms with E-state index in [1.54, 1.807) is 24.3 Å². The molecule has 0 aliphatic carbocycles. The summed E-state index contributed by atoms with van der Waals surface area (Å²) in [5.41, 5.74) is 2.20. The SMILES string of the molecule is COc1cc(CF)ccc1-c1cccc2cc(S(=O)(=O)Nc3ncns3)ccc12. The van der Waals surface area contributed by atoms with Gasteiger partial charge >= 0.3 is 0 Å². The van der Waals surface area contributed by atoms with Crippen LogP contribution in [0.3, 0.4) is 0 Å². The van der Waals surface area contributed by atoms with Gasteiger partial charge < -0.3 is 4.74 Å². The molecule has 0 unspecified atom stereocenters. The summed E-state index contributed by atoms with van der Waals surface area (Å²) in [6.07, 6.45) is 1.29. The van der Waals surface area contributed by atoms with Crippen LogP contribution in [0.1, 0.15) is 5.56 Å². The first-order valence-corrected chi connectivity index (χ1v) is 10.8. The van der Waals surface area contributed by atoms with Gasteiger partial charge in [-0.3, -0.25) is 4.72 Å². The van der Waals surface area contributed by atoms with Crippen LogP contribution in [-0.2, 0) is 16.7 Å². The minimum atomic E-state index is -3.78. The van der Waals surface area contributed by atoms with Crippen molar-refractivity contribution in [2.75, 3.05) is 11.8 Å². The summed E-state index contributed by atoms with van der Waals surface area (Å²) in [4.78, 5) is 3.98. The maximum atomic E-state index is 13.0. The second kappa shape index (κ2) is 7.76. The van der Waals surface area contributed by atoms with Crippen LogP contribution in [0, 0.1) is 0 Å². The summed E-state index contributed by atoms with van der Waals surface area (Å²) in [6.45, 7) is -0.574. The van der Waals surface area contributed by atoms with Crippen LogP contribution in [0.25, 0.3) is 21.9 Å². The van der Waals surface area contributed by atoms with Gasteiger partial charge in [0.2, 0.25) is 5.13 Å². The van der Waals surface area contributed by atoms with Gasteiger partial charge in [0, 0.05) is 17.1 Å². The number of nitrogens with zero attached hydrogens (tertiary/aromatic N) is 2. The Morgan fingerprint density at radius 1 is 1.10 bits per heavy atom. The highest BCUT2D eigenvalue weighted by atomic mass is 32.2. The average molecular weight is 429 g/mol. The van der Waals surface area contributed by atoms with E-state index in [-0.39, 0.29) is 10.0 Å². The van der Waals surface area contributed by atoms with E-state index in [9.17, 15) is 12.8 Å². The van der Waals surface area contributed by atoms with Gasteiger partial charge in [-0.1, -0.05) is 36.4 Å². The third kappa shape index (κ3) is 3.79. The second-order valence-corrected chi connectivity index (χ2v) is 8.67. The Morgan fingerprint density at radius 2 is 1.97 bits per heavy atom. The summed E-state index contributed by atoms with van der Waals surface area (Å²) < 4.78 is 49.9. The maximum Gasteiger partial charge on any atom is 0.263 e. The Labute approximate surface area is 171 Å². The lowest BCUT2D eigenvalue weighted by Gasteiger charge is -2.13. The number of hydrogen-bond donors (Lipinski definition) is 1. The van der Waals surface area contributed by atoms with Crippen LogP contribution in [-0.4, -0.2) is 24.9 Å². The van der Waals surface area contributed by atoms with Crippen molar-refractivity contribution >= 4 is 37.5 Å². The Bertz CT molecular complexity index is 1280. The largest absolute Gasteiger partial charge is 0.496 e. The monoisotopic (exact) mass is 429 g/mol. The lowest BCUT2D eigenvalue weighted by atomic mass is 9.97. The van der Waals surface area contributed by atoms with E-state index in [0.717, 1.165) is 33.4 Å². The molecule has 9 heteroatoms. The molecule has 0 bridgehead atoms. The van der Waals surface area contributed by atoms with E-state index in [2.05, 4.69) is 14.1 Å². The van der Waals surface area contributed by atoms with Gasteiger partial charge in [0.05, 0.1) is 12.0 Å². The van der Waals surface area contributed by atoms with E-state index in [1.807, 2.05) is 24.3 Å². The molecule has 0 radical (unpaired) electrons. The first kappa shape index (κ1) is 19.3. The Hall–Kier alpha value is -3.04.